The summed E-state index contributed by atoms with van der Waals surface area (Å²) in [7, 11) is 2.09. The second-order valence-electron chi connectivity index (χ2n) is 8.07. The molecular weight excluding hydrogens is 374 g/mol. The molecule has 2 aliphatic rings. The molecule has 1 saturated heterocycles. The number of benzene rings is 2. The Morgan fingerprint density at radius 3 is 2.48 bits per heavy atom. The summed E-state index contributed by atoms with van der Waals surface area (Å²) in [5.74, 6) is -0.942. The number of hydrogen-bond donors (Lipinski definition) is 0. The normalized spacial score (nSPS) is 20.4. The number of fused-ring (bicyclic) bond motifs is 1. The molecular formula is C23H26F2N2O2. The van der Waals surface area contributed by atoms with Crippen LogP contribution in [0.5, 0.6) is 0 Å². The highest BCUT2D eigenvalue weighted by molar-refractivity contribution is 5.70. The maximum Gasteiger partial charge on any atom is 0.410 e. The molecule has 4 rings (SSSR count). The average Bonchev–Trinajstić information content (AvgIpc) is 2.71. The molecule has 0 N–H and O–H groups in total. The fraction of sp³-hybridized carbons (Fsp3) is 0.435. The summed E-state index contributed by atoms with van der Waals surface area (Å²) in [6.45, 7) is 2.84. The molecule has 0 spiro atoms. The average molecular weight is 400 g/mol. The Labute approximate surface area is 170 Å². The van der Waals surface area contributed by atoms with Crippen molar-refractivity contribution < 1.29 is 18.3 Å². The first kappa shape index (κ1) is 19.8. The lowest BCUT2D eigenvalue weighted by atomic mass is 9.88. The highest BCUT2D eigenvalue weighted by Crippen LogP contribution is 2.36. The van der Waals surface area contributed by atoms with E-state index in [9.17, 15) is 13.6 Å². The van der Waals surface area contributed by atoms with E-state index < -0.39 is 23.8 Å². The molecule has 0 bridgehead atoms. The summed E-state index contributed by atoms with van der Waals surface area (Å²) in [6.07, 6.45) is 2.28. The van der Waals surface area contributed by atoms with Crippen LogP contribution in [0.3, 0.4) is 0 Å². The molecule has 1 atom stereocenters. The van der Waals surface area contributed by atoms with Crippen LogP contribution in [0.2, 0.25) is 0 Å². The fourth-order valence-corrected chi connectivity index (χ4v) is 4.36. The Hall–Kier alpha value is -2.47. The van der Waals surface area contributed by atoms with Crippen LogP contribution in [0.4, 0.5) is 13.6 Å². The number of likely N-dealkylation sites (tertiary alicyclic amines) is 1. The van der Waals surface area contributed by atoms with Gasteiger partial charge in [-0.05, 0) is 74.1 Å². The predicted molar refractivity (Wildman–Crippen MR) is 107 cm³/mol. The van der Waals surface area contributed by atoms with Crippen molar-refractivity contribution in [3.63, 3.8) is 0 Å². The van der Waals surface area contributed by atoms with E-state index in [0.717, 1.165) is 43.1 Å². The molecule has 4 nitrogen and oxygen atoms in total. The molecule has 2 aliphatic heterocycles. The number of amides is 1. The molecule has 1 fully saturated rings. The van der Waals surface area contributed by atoms with E-state index >= 15 is 0 Å². The predicted octanol–water partition coefficient (Wildman–Crippen LogP) is 4.39. The highest BCUT2D eigenvalue weighted by Gasteiger charge is 2.34. The largest absolute Gasteiger partial charge is 0.449 e. The van der Waals surface area contributed by atoms with E-state index in [2.05, 4.69) is 11.9 Å². The minimum atomic E-state index is -0.650. The van der Waals surface area contributed by atoms with Gasteiger partial charge in [-0.25, -0.2) is 13.6 Å². The zero-order valence-electron chi connectivity index (χ0n) is 16.6. The van der Waals surface area contributed by atoms with Gasteiger partial charge in [0.25, 0.3) is 0 Å². The molecule has 2 aromatic rings. The smallest absolute Gasteiger partial charge is 0.410 e. The zero-order valence-corrected chi connectivity index (χ0v) is 16.6. The first-order valence-corrected chi connectivity index (χ1v) is 10.2. The van der Waals surface area contributed by atoms with Crippen molar-refractivity contribution in [2.45, 2.75) is 25.3 Å². The summed E-state index contributed by atoms with van der Waals surface area (Å²) < 4.78 is 33.5. The van der Waals surface area contributed by atoms with Crippen LogP contribution in [0.1, 0.15) is 35.6 Å². The van der Waals surface area contributed by atoms with Crippen LogP contribution in [-0.4, -0.2) is 49.2 Å². The van der Waals surface area contributed by atoms with Crippen LogP contribution < -0.4 is 0 Å². The fourth-order valence-electron chi connectivity index (χ4n) is 4.36. The van der Waals surface area contributed by atoms with E-state index in [1.165, 1.54) is 12.1 Å². The molecule has 2 heterocycles. The molecule has 0 unspecified atom stereocenters. The zero-order chi connectivity index (χ0) is 20.4. The minimum absolute atomic E-state index is 0.359. The number of carbonyl (C=O) groups excluding carboxylic acids is 1. The molecule has 0 saturated carbocycles. The summed E-state index contributed by atoms with van der Waals surface area (Å²) in [6, 6.07) is 10.6. The number of hydrogen-bond acceptors (Lipinski definition) is 3. The summed E-state index contributed by atoms with van der Waals surface area (Å²) in [4.78, 5) is 16.8. The maximum atomic E-state index is 13.9. The number of piperidine rings is 1. The number of nitrogens with zero attached hydrogens (tertiary/aromatic N) is 2. The van der Waals surface area contributed by atoms with Crippen molar-refractivity contribution in [3.8, 4) is 0 Å². The van der Waals surface area contributed by atoms with E-state index in [-0.39, 0.29) is 0 Å². The summed E-state index contributed by atoms with van der Waals surface area (Å²) >= 11 is 0. The topological polar surface area (TPSA) is 32.8 Å². The van der Waals surface area contributed by atoms with Gasteiger partial charge in [-0.2, -0.15) is 0 Å². The Morgan fingerprint density at radius 2 is 1.76 bits per heavy atom. The lowest BCUT2D eigenvalue weighted by Gasteiger charge is -2.37. The standard InChI is InChI=1S/C23H26F2N2O2/c1-26-9-6-16(7-10-26)15-29-23(28)27-11-8-17-4-2-3-5-21(17)22(27)18-12-19(24)14-20(25)13-18/h2-5,12-14,16,22H,6-11,15H2,1H3/t22-/m1/s1. The molecule has 0 radical (unpaired) electrons. The van der Waals surface area contributed by atoms with Gasteiger partial charge < -0.3 is 9.64 Å². The number of carbonyl (C=O) groups is 1. The van der Waals surface area contributed by atoms with Crippen LogP contribution >= 0.6 is 0 Å². The van der Waals surface area contributed by atoms with E-state index in [0.29, 0.717) is 31.1 Å². The van der Waals surface area contributed by atoms with Crippen molar-refractivity contribution in [1.29, 1.82) is 0 Å². The first-order chi connectivity index (χ1) is 14.0. The Morgan fingerprint density at radius 1 is 1.07 bits per heavy atom. The molecule has 6 heteroatoms. The Kier molecular flexibility index (Phi) is 5.81. The third-order valence-electron chi connectivity index (χ3n) is 6.00. The second-order valence-corrected chi connectivity index (χ2v) is 8.07. The maximum absolute atomic E-state index is 13.9. The molecule has 154 valence electrons. The van der Waals surface area contributed by atoms with Crippen LogP contribution in [-0.2, 0) is 11.2 Å². The quantitative estimate of drug-likeness (QED) is 0.766. The van der Waals surface area contributed by atoms with E-state index in [4.69, 9.17) is 4.74 Å². The molecule has 0 aliphatic carbocycles. The lowest BCUT2D eigenvalue weighted by Crippen LogP contribution is -2.42. The Balaban J connectivity index is 1.57. The van der Waals surface area contributed by atoms with Crippen molar-refractivity contribution >= 4 is 6.09 Å². The molecule has 1 amide bonds. The monoisotopic (exact) mass is 400 g/mol. The third kappa shape index (κ3) is 4.42. The van der Waals surface area contributed by atoms with Crippen LogP contribution in [0.15, 0.2) is 42.5 Å². The third-order valence-corrected chi connectivity index (χ3v) is 6.00. The van der Waals surface area contributed by atoms with Gasteiger partial charge in [0.15, 0.2) is 0 Å². The van der Waals surface area contributed by atoms with Gasteiger partial charge in [-0.15, -0.1) is 0 Å². The molecule has 2 aromatic carbocycles. The van der Waals surface area contributed by atoms with Crippen LogP contribution in [0, 0.1) is 17.6 Å². The van der Waals surface area contributed by atoms with Gasteiger partial charge in [-0.1, -0.05) is 24.3 Å². The van der Waals surface area contributed by atoms with Gasteiger partial charge in [-0.3, -0.25) is 4.90 Å². The lowest BCUT2D eigenvalue weighted by molar-refractivity contribution is 0.0637. The van der Waals surface area contributed by atoms with Gasteiger partial charge >= 0.3 is 6.09 Å². The van der Waals surface area contributed by atoms with Gasteiger partial charge in [0, 0.05) is 12.6 Å². The van der Waals surface area contributed by atoms with E-state index in [1.807, 2.05) is 24.3 Å². The SMILES string of the molecule is CN1CCC(COC(=O)N2CCc3ccccc3[C@H]2c2cc(F)cc(F)c2)CC1. The first-order valence-electron chi connectivity index (χ1n) is 10.2. The van der Waals surface area contributed by atoms with Crippen molar-refractivity contribution in [2.24, 2.45) is 5.92 Å². The highest BCUT2D eigenvalue weighted by atomic mass is 19.1. The number of rotatable bonds is 3. The molecule has 29 heavy (non-hydrogen) atoms. The molecule has 0 aromatic heterocycles. The second kappa shape index (κ2) is 8.49. The minimum Gasteiger partial charge on any atom is -0.449 e. The van der Waals surface area contributed by atoms with Crippen molar-refractivity contribution in [1.82, 2.24) is 9.80 Å². The van der Waals surface area contributed by atoms with Crippen LogP contribution in [0.25, 0.3) is 0 Å². The Bertz CT molecular complexity index is 861. The van der Waals surface area contributed by atoms with Gasteiger partial charge in [0.2, 0.25) is 0 Å². The van der Waals surface area contributed by atoms with Crippen molar-refractivity contribution in [3.05, 3.63) is 70.8 Å². The number of halogens is 2. The number of ether oxygens (including phenoxy) is 1. The van der Waals surface area contributed by atoms with Gasteiger partial charge in [0.05, 0.1) is 12.6 Å². The summed E-state index contributed by atoms with van der Waals surface area (Å²) in [5, 5.41) is 0. The van der Waals surface area contributed by atoms with E-state index in [1.54, 1.807) is 4.90 Å². The van der Waals surface area contributed by atoms with Crippen molar-refractivity contribution in [2.75, 3.05) is 33.3 Å². The summed E-state index contributed by atoms with van der Waals surface area (Å²) in [5.41, 5.74) is 2.40. The van der Waals surface area contributed by atoms with Gasteiger partial charge in [0.1, 0.15) is 11.6 Å².